The van der Waals surface area contributed by atoms with Crippen molar-refractivity contribution in [1.29, 1.82) is 0 Å². The first kappa shape index (κ1) is 15.0. The third-order valence-electron chi connectivity index (χ3n) is 3.05. The molecule has 1 unspecified atom stereocenters. The van der Waals surface area contributed by atoms with Crippen LogP contribution in [0.15, 0.2) is 38.3 Å². The molecular weight excluding hydrogens is 342 g/mol. The molecule has 0 aliphatic heterocycles. The molecular formula is C13H12BrN3O4. The van der Waals surface area contributed by atoms with Crippen LogP contribution < -0.4 is 17.0 Å². The molecule has 2 rings (SSSR count). The van der Waals surface area contributed by atoms with Crippen LogP contribution in [-0.2, 0) is 4.79 Å². The molecule has 1 aromatic carbocycles. The number of amides is 1. The van der Waals surface area contributed by atoms with Gasteiger partial charge in [0.1, 0.15) is 11.6 Å². The van der Waals surface area contributed by atoms with E-state index in [1.807, 2.05) is 0 Å². The molecule has 21 heavy (non-hydrogen) atoms. The number of carbonyl (C=O) groups is 1. The van der Waals surface area contributed by atoms with Crippen molar-refractivity contribution in [3.8, 4) is 17.0 Å². The van der Waals surface area contributed by atoms with E-state index in [4.69, 9.17) is 5.73 Å². The van der Waals surface area contributed by atoms with Crippen LogP contribution in [0.1, 0.15) is 13.0 Å². The van der Waals surface area contributed by atoms with E-state index in [-0.39, 0.29) is 5.56 Å². The number of hydrogen-bond donors (Lipinski definition) is 3. The Morgan fingerprint density at radius 2 is 1.90 bits per heavy atom. The van der Waals surface area contributed by atoms with Crippen molar-refractivity contribution in [3.05, 3.63) is 49.6 Å². The molecule has 0 aliphatic carbocycles. The molecule has 7 nitrogen and oxygen atoms in total. The Hall–Kier alpha value is -2.35. The van der Waals surface area contributed by atoms with Gasteiger partial charge in [-0.1, -0.05) is 28.1 Å². The summed E-state index contributed by atoms with van der Waals surface area (Å²) in [6.07, 6.45) is 0. The molecule has 1 heterocycles. The lowest BCUT2D eigenvalue weighted by molar-refractivity contribution is -0.120. The fourth-order valence-corrected chi connectivity index (χ4v) is 2.17. The topological polar surface area (TPSA) is 118 Å². The summed E-state index contributed by atoms with van der Waals surface area (Å²) in [4.78, 5) is 37.0. The van der Waals surface area contributed by atoms with Gasteiger partial charge in [0.25, 0.3) is 5.56 Å². The number of rotatable bonds is 3. The van der Waals surface area contributed by atoms with Gasteiger partial charge in [-0.05, 0) is 24.6 Å². The summed E-state index contributed by atoms with van der Waals surface area (Å²) in [7, 11) is 0. The van der Waals surface area contributed by atoms with Gasteiger partial charge in [-0.15, -0.1) is 0 Å². The predicted octanol–water partition coefficient (Wildman–Crippen LogP) is 0.718. The van der Waals surface area contributed by atoms with Crippen molar-refractivity contribution in [1.82, 2.24) is 9.55 Å². The number of hydrogen-bond acceptors (Lipinski definition) is 4. The summed E-state index contributed by atoms with van der Waals surface area (Å²) >= 11 is 3.26. The number of aromatic nitrogens is 2. The average Bonchev–Trinajstić information content (AvgIpc) is 2.40. The maximum absolute atomic E-state index is 11.9. The third-order valence-corrected chi connectivity index (χ3v) is 3.58. The molecule has 2 aromatic rings. The molecule has 0 aliphatic rings. The lowest BCUT2D eigenvalue weighted by Crippen LogP contribution is -2.37. The van der Waals surface area contributed by atoms with Crippen LogP contribution in [0, 0.1) is 0 Å². The Kier molecular flexibility index (Phi) is 3.99. The van der Waals surface area contributed by atoms with Crippen LogP contribution in [-0.4, -0.2) is 20.6 Å². The third kappa shape index (κ3) is 2.75. The summed E-state index contributed by atoms with van der Waals surface area (Å²) in [6.45, 7) is 1.35. The first-order valence-electron chi connectivity index (χ1n) is 5.96. The highest BCUT2D eigenvalue weighted by atomic mass is 79.9. The number of H-pyrrole nitrogens is 1. The van der Waals surface area contributed by atoms with E-state index in [9.17, 15) is 19.5 Å². The lowest BCUT2D eigenvalue weighted by Gasteiger charge is -2.15. The van der Waals surface area contributed by atoms with Crippen molar-refractivity contribution in [2.45, 2.75) is 13.0 Å². The number of nitrogens with two attached hydrogens (primary N) is 1. The fourth-order valence-electron chi connectivity index (χ4n) is 1.90. The quantitative estimate of drug-likeness (QED) is 0.753. The zero-order chi connectivity index (χ0) is 15.7. The van der Waals surface area contributed by atoms with Gasteiger partial charge in [-0.25, -0.2) is 4.79 Å². The molecule has 1 aromatic heterocycles. The van der Waals surface area contributed by atoms with Gasteiger partial charge >= 0.3 is 5.69 Å². The molecule has 1 amide bonds. The smallest absolute Gasteiger partial charge is 0.331 e. The van der Waals surface area contributed by atoms with Crippen LogP contribution in [0.25, 0.3) is 11.1 Å². The van der Waals surface area contributed by atoms with E-state index in [2.05, 4.69) is 20.9 Å². The second-order valence-corrected chi connectivity index (χ2v) is 5.33. The van der Waals surface area contributed by atoms with Gasteiger partial charge in [0.15, 0.2) is 0 Å². The van der Waals surface area contributed by atoms with E-state index in [0.29, 0.717) is 5.56 Å². The second kappa shape index (κ2) is 5.57. The Balaban J connectivity index is 2.76. The molecule has 0 bridgehead atoms. The molecule has 0 fully saturated rings. The Labute approximate surface area is 127 Å². The Bertz CT molecular complexity index is 808. The fraction of sp³-hybridized carbons (Fsp3) is 0.154. The van der Waals surface area contributed by atoms with Crippen LogP contribution in [0.5, 0.6) is 5.88 Å². The minimum absolute atomic E-state index is 0.102. The van der Waals surface area contributed by atoms with Crippen LogP contribution >= 0.6 is 15.9 Å². The van der Waals surface area contributed by atoms with Crippen LogP contribution in [0.4, 0.5) is 0 Å². The first-order chi connectivity index (χ1) is 9.82. The number of primary amides is 1. The number of nitrogens with zero attached hydrogens (tertiary/aromatic N) is 1. The average molecular weight is 354 g/mol. The Morgan fingerprint density at radius 3 is 2.43 bits per heavy atom. The number of carbonyl (C=O) groups excluding carboxylic acids is 1. The predicted molar refractivity (Wildman–Crippen MR) is 80.0 cm³/mol. The standard InChI is InChI=1S/C13H12BrN3O4/c1-6(10(15)18)17-12(20)9(11(19)16-13(17)21)7-2-4-8(14)5-3-7/h2-6,20H,1H3,(H2,15,18)(H,16,19,21). The van der Waals surface area contributed by atoms with Crippen LogP contribution in [0.2, 0.25) is 0 Å². The van der Waals surface area contributed by atoms with E-state index in [1.165, 1.54) is 6.92 Å². The zero-order valence-corrected chi connectivity index (χ0v) is 12.5. The summed E-state index contributed by atoms with van der Waals surface area (Å²) < 4.78 is 1.54. The summed E-state index contributed by atoms with van der Waals surface area (Å²) in [6, 6.07) is 5.46. The Morgan fingerprint density at radius 1 is 1.33 bits per heavy atom. The largest absolute Gasteiger partial charge is 0.494 e. The summed E-state index contributed by atoms with van der Waals surface area (Å²) in [5, 5.41) is 10.2. The molecule has 4 N–H and O–H groups in total. The number of aromatic amines is 1. The van der Waals surface area contributed by atoms with Crippen molar-refractivity contribution in [2.24, 2.45) is 5.73 Å². The van der Waals surface area contributed by atoms with Crippen molar-refractivity contribution in [3.63, 3.8) is 0 Å². The van der Waals surface area contributed by atoms with Gasteiger partial charge in [-0.2, -0.15) is 0 Å². The van der Waals surface area contributed by atoms with Gasteiger partial charge in [0.2, 0.25) is 11.8 Å². The minimum Gasteiger partial charge on any atom is -0.494 e. The monoisotopic (exact) mass is 353 g/mol. The number of benzene rings is 1. The lowest BCUT2D eigenvalue weighted by atomic mass is 10.1. The molecule has 0 radical (unpaired) electrons. The maximum Gasteiger partial charge on any atom is 0.331 e. The van der Waals surface area contributed by atoms with Crippen molar-refractivity contribution >= 4 is 21.8 Å². The molecule has 0 saturated heterocycles. The van der Waals surface area contributed by atoms with Gasteiger partial charge in [0, 0.05) is 4.47 Å². The highest BCUT2D eigenvalue weighted by molar-refractivity contribution is 9.10. The zero-order valence-electron chi connectivity index (χ0n) is 11.0. The number of aromatic hydroxyl groups is 1. The summed E-state index contributed by atoms with van der Waals surface area (Å²) in [5.74, 6) is -1.40. The molecule has 0 saturated carbocycles. The highest BCUT2D eigenvalue weighted by Crippen LogP contribution is 2.27. The second-order valence-electron chi connectivity index (χ2n) is 4.41. The van der Waals surface area contributed by atoms with Gasteiger partial charge in [-0.3, -0.25) is 19.1 Å². The minimum atomic E-state index is -1.09. The number of nitrogens with one attached hydrogen (secondary N) is 1. The first-order valence-corrected chi connectivity index (χ1v) is 6.75. The van der Waals surface area contributed by atoms with E-state index < -0.39 is 29.1 Å². The normalized spacial score (nSPS) is 12.1. The SMILES string of the molecule is CC(C(N)=O)n1c(O)c(-c2ccc(Br)cc2)c(=O)[nH]c1=O. The van der Waals surface area contributed by atoms with Crippen molar-refractivity contribution < 1.29 is 9.90 Å². The van der Waals surface area contributed by atoms with E-state index in [1.54, 1.807) is 24.3 Å². The molecule has 0 spiro atoms. The molecule has 110 valence electrons. The van der Waals surface area contributed by atoms with Gasteiger partial charge < -0.3 is 10.8 Å². The summed E-state index contributed by atoms with van der Waals surface area (Å²) in [5.41, 5.74) is 3.81. The number of halogens is 1. The van der Waals surface area contributed by atoms with Gasteiger partial charge in [0.05, 0.1) is 0 Å². The van der Waals surface area contributed by atoms with E-state index in [0.717, 1.165) is 9.04 Å². The van der Waals surface area contributed by atoms with Crippen LogP contribution in [0.3, 0.4) is 0 Å². The van der Waals surface area contributed by atoms with E-state index >= 15 is 0 Å². The highest BCUT2D eigenvalue weighted by Gasteiger charge is 2.22. The van der Waals surface area contributed by atoms with Crippen molar-refractivity contribution in [2.75, 3.05) is 0 Å². The molecule has 8 heteroatoms. The maximum atomic E-state index is 11.9. The molecule has 1 atom stereocenters.